The second-order valence-corrected chi connectivity index (χ2v) is 6.35. The van der Waals surface area contributed by atoms with E-state index in [1.807, 2.05) is 6.92 Å². The fourth-order valence-electron chi connectivity index (χ4n) is 2.13. The molecule has 2 amide bonds. The average Bonchev–Trinajstić information content (AvgIpc) is 2.89. The van der Waals surface area contributed by atoms with E-state index in [0.29, 0.717) is 6.54 Å². The van der Waals surface area contributed by atoms with Crippen molar-refractivity contribution < 1.29 is 27.5 Å². The quantitative estimate of drug-likeness (QED) is 0.790. The molecular formula is C15H17F3N2O3S. The lowest BCUT2D eigenvalue weighted by Gasteiger charge is -2.28. The first-order valence-corrected chi connectivity index (χ1v) is 8.35. The topological polar surface area (TPSA) is 67.4 Å². The summed E-state index contributed by atoms with van der Waals surface area (Å²) in [5, 5.41) is 3.32. The molecule has 1 aromatic rings. The second kappa shape index (κ2) is 7.33. The summed E-state index contributed by atoms with van der Waals surface area (Å²) in [7, 11) is 0. The summed E-state index contributed by atoms with van der Waals surface area (Å²) in [5.41, 5.74) is -0.824. The molecule has 1 atom stereocenters. The maximum atomic E-state index is 12.9. The van der Waals surface area contributed by atoms with Crippen molar-refractivity contribution in [2.45, 2.75) is 31.0 Å². The number of halogens is 3. The standard InChI is InChI=1S/C15H17F3N2O3S/c1-2-3-7-19-13(22)23-15(20-12(21)9-24-15)11-6-4-5-10(8-11)14(16,17)18/h4-6,8H,2-3,7,9H2,1H3,(H,19,22)(H,20,21). The lowest BCUT2D eigenvalue weighted by Crippen LogP contribution is -2.44. The maximum absolute atomic E-state index is 12.9. The maximum Gasteiger partial charge on any atom is 0.416 e. The average molecular weight is 362 g/mol. The van der Waals surface area contributed by atoms with Gasteiger partial charge in [-0.05, 0) is 18.6 Å². The zero-order chi connectivity index (χ0) is 17.8. The fraction of sp³-hybridized carbons (Fsp3) is 0.467. The summed E-state index contributed by atoms with van der Waals surface area (Å²) in [5.74, 6) is -0.433. The number of nitrogens with one attached hydrogen (secondary N) is 2. The van der Waals surface area contributed by atoms with Gasteiger partial charge in [0.15, 0.2) is 0 Å². The summed E-state index contributed by atoms with van der Waals surface area (Å²) in [6.45, 7) is 2.33. The Morgan fingerprint density at radius 2 is 2.21 bits per heavy atom. The first-order valence-electron chi connectivity index (χ1n) is 7.36. The molecule has 2 N–H and O–H groups in total. The summed E-state index contributed by atoms with van der Waals surface area (Å²) in [4.78, 5) is 23.5. The molecule has 132 valence electrons. The number of ether oxygens (including phenoxy) is 1. The molecule has 2 rings (SSSR count). The fourth-order valence-corrected chi connectivity index (χ4v) is 3.15. The Balaban J connectivity index is 2.25. The SMILES string of the molecule is CCCCNC(=O)OC1(c2cccc(C(F)(F)F)c2)NC(=O)CS1. The molecule has 1 heterocycles. The largest absolute Gasteiger partial charge is 0.416 e. The van der Waals surface area contributed by atoms with Gasteiger partial charge in [0.1, 0.15) is 0 Å². The number of amides is 2. The van der Waals surface area contributed by atoms with Crippen LogP contribution in [0.4, 0.5) is 18.0 Å². The molecule has 1 aromatic carbocycles. The molecule has 0 bridgehead atoms. The molecule has 1 aliphatic rings. The van der Waals surface area contributed by atoms with Crippen LogP contribution < -0.4 is 10.6 Å². The number of hydrogen-bond donors (Lipinski definition) is 2. The van der Waals surface area contributed by atoms with Gasteiger partial charge in [0.05, 0.1) is 11.3 Å². The van der Waals surface area contributed by atoms with E-state index in [1.54, 1.807) is 0 Å². The number of unbranched alkanes of at least 4 members (excludes halogenated alkanes) is 1. The van der Waals surface area contributed by atoms with Crippen LogP contribution in [0.2, 0.25) is 0 Å². The van der Waals surface area contributed by atoms with Crippen molar-refractivity contribution in [2.24, 2.45) is 0 Å². The van der Waals surface area contributed by atoms with Crippen molar-refractivity contribution in [3.63, 3.8) is 0 Å². The molecule has 1 aliphatic heterocycles. The van der Waals surface area contributed by atoms with Gasteiger partial charge in [-0.1, -0.05) is 37.2 Å². The number of rotatable bonds is 5. The number of carbonyl (C=O) groups excluding carboxylic acids is 2. The third kappa shape index (κ3) is 4.34. The van der Waals surface area contributed by atoms with Gasteiger partial charge < -0.3 is 15.4 Å². The number of alkyl carbamates (subject to hydrolysis) is 1. The highest BCUT2D eigenvalue weighted by molar-refractivity contribution is 8.01. The Morgan fingerprint density at radius 3 is 2.79 bits per heavy atom. The van der Waals surface area contributed by atoms with Crippen molar-refractivity contribution in [3.05, 3.63) is 35.4 Å². The molecule has 5 nitrogen and oxygen atoms in total. The normalized spacial score (nSPS) is 20.6. The van der Waals surface area contributed by atoms with E-state index in [1.165, 1.54) is 12.1 Å². The van der Waals surface area contributed by atoms with Gasteiger partial charge in [0.25, 0.3) is 5.06 Å². The zero-order valence-electron chi connectivity index (χ0n) is 12.9. The molecular weight excluding hydrogens is 345 g/mol. The molecule has 0 radical (unpaired) electrons. The van der Waals surface area contributed by atoms with Crippen molar-refractivity contribution in [1.82, 2.24) is 10.6 Å². The third-order valence-corrected chi connectivity index (χ3v) is 4.55. The number of benzene rings is 1. The molecule has 0 saturated carbocycles. The molecule has 9 heteroatoms. The lowest BCUT2D eigenvalue weighted by atomic mass is 10.1. The van der Waals surface area contributed by atoms with Crippen LogP contribution in [-0.4, -0.2) is 24.3 Å². The van der Waals surface area contributed by atoms with Crippen molar-refractivity contribution in [3.8, 4) is 0 Å². The number of thioether (sulfide) groups is 1. The minimum Gasteiger partial charge on any atom is -0.409 e. The van der Waals surface area contributed by atoms with Crippen LogP contribution in [0.3, 0.4) is 0 Å². The summed E-state index contributed by atoms with van der Waals surface area (Å²) >= 11 is 0.927. The van der Waals surface area contributed by atoms with E-state index < -0.39 is 28.8 Å². The summed E-state index contributed by atoms with van der Waals surface area (Å²) in [6, 6.07) is 4.38. The second-order valence-electron chi connectivity index (χ2n) is 5.20. The predicted molar refractivity (Wildman–Crippen MR) is 83.1 cm³/mol. The van der Waals surface area contributed by atoms with E-state index >= 15 is 0 Å². The van der Waals surface area contributed by atoms with E-state index in [-0.39, 0.29) is 11.3 Å². The Labute approximate surface area is 141 Å². The van der Waals surface area contributed by atoms with Gasteiger partial charge in [-0.3, -0.25) is 4.79 Å². The molecule has 1 saturated heterocycles. The first-order chi connectivity index (χ1) is 11.3. The van der Waals surface area contributed by atoms with Crippen molar-refractivity contribution >= 4 is 23.8 Å². The van der Waals surface area contributed by atoms with Crippen LogP contribution in [0, 0.1) is 0 Å². The Kier molecular flexibility index (Phi) is 5.63. The van der Waals surface area contributed by atoms with Crippen LogP contribution in [-0.2, 0) is 20.8 Å². The van der Waals surface area contributed by atoms with E-state index in [0.717, 1.165) is 36.7 Å². The summed E-state index contributed by atoms with van der Waals surface area (Å²) < 4.78 is 44.0. The van der Waals surface area contributed by atoms with Crippen LogP contribution in [0.5, 0.6) is 0 Å². The predicted octanol–water partition coefficient (Wildman–Crippen LogP) is 3.21. The number of carbonyl (C=O) groups is 2. The summed E-state index contributed by atoms with van der Waals surface area (Å²) in [6.07, 6.45) is -3.72. The molecule has 0 aliphatic carbocycles. The Morgan fingerprint density at radius 1 is 1.46 bits per heavy atom. The Bertz CT molecular complexity index is 624. The van der Waals surface area contributed by atoms with Gasteiger partial charge >= 0.3 is 12.3 Å². The van der Waals surface area contributed by atoms with E-state index in [2.05, 4.69) is 10.6 Å². The number of hydrogen-bond acceptors (Lipinski definition) is 4. The van der Waals surface area contributed by atoms with Crippen molar-refractivity contribution in [2.75, 3.05) is 12.3 Å². The first kappa shape index (κ1) is 18.4. The minimum atomic E-state index is -4.53. The smallest absolute Gasteiger partial charge is 0.409 e. The van der Waals surface area contributed by atoms with Gasteiger partial charge in [0.2, 0.25) is 5.91 Å². The highest BCUT2D eigenvalue weighted by atomic mass is 32.2. The third-order valence-electron chi connectivity index (χ3n) is 3.32. The van der Waals surface area contributed by atoms with Crippen LogP contribution in [0.25, 0.3) is 0 Å². The molecule has 0 spiro atoms. The Hall–Kier alpha value is -1.90. The van der Waals surface area contributed by atoms with E-state index in [9.17, 15) is 22.8 Å². The van der Waals surface area contributed by atoms with Crippen LogP contribution in [0.15, 0.2) is 24.3 Å². The minimum absolute atomic E-state index is 0.0154. The zero-order valence-corrected chi connectivity index (χ0v) is 13.7. The molecule has 0 aromatic heterocycles. The molecule has 1 fully saturated rings. The number of alkyl halides is 3. The lowest BCUT2D eigenvalue weighted by molar-refractivity contribution is -0.137. The van der Waals surface area contributed by atoms with Gasteiger partial charge in [-0.15, -0.1) is 0 Å². The van der Waals surface area contributed by atoms with Gasteiger partial charge in [-0.25, -0.2) is 4.79 Å². The highest BCUT2D eigenvalue weighted by Crippen LogP contribution is 2.41. The molecule has 24 heavy (non-hydrogen) atoms. The van der Waals surface area contributed by atoms with Crippen LogP contribution in [0.1, 0.15) is 30.9 Å². The van der Waals surface area contributed by atoms with E-state index in [4.69, 9.17) is 4.74 Å². The van der Waals surface area contributed by atoms with Gasteiger partial charge in [-0.2, -0.15) is 13.2 Å². The van der Waals surface area contributed by atoms with Crippen molar-refractivity contribution in [1.29, 1.82) is 0 Å². The highest BCUT2D eigenvalue weighted by Gasteiger charge is 2.45. The monoisotopic (exact) mass is 362 g/mol. The molecule has 1 unspecified atom stereocenters. The van der Waals surface area contributed by atoms with Crippen LogP contribution >= 0.6 is 11.8 Å². The van der Waals surface area contributed by atoms with Gasteiger partial charge in [0, 0.05) is 12.1 Å².